The first-order valence-corrected chi connectivity index (χ1v) is 6.72. The highest BCUT2D eigenvalue weighted by molar-refractivity contribution is 7.18. The van der Waals surface area contributed by atoms with Crippen molar-refractivity contribution in [3.63, 3.8) is 0 Å². The maximum absolute atomic E-state index is 5.54. The first-order chi connectivity index (χ1) is 7.53. The Bertz CT molecular complexity index is 309. The number of unbranched alkanes of at least 4 members (excludes halogenated alkanes) is 3. The molecule has 1 rings (SSSR count). The number of anilines is 2. The van der Waals surface area contributed by atoms with Crippen molar-refractivity contribution >= 4 is 21.6 Å². The van der Waals surface area contributed by atoms with Gasteiger partial charge in [-0.25, -0.2) is 0 Å². The van der Waals surface area contributed by atoms with Gasteiger partial charge in [-0.2, -0.15) is 0 Å². The molecule has 3 N–H and O–H groups in total. The summed E-state index contributed by atoms with van der Waals surface area (Å²) in [6.45, 7) is 6.61. The van der Waals surface area contributed by atoms with Crippen LogP contribution in [0.3, 0.4) is 0 Å². The number of hydrogen-bond acceptors (Lipinski definition) is 5. The van der Waals surface area contributed by atoms with Gasteiger partial charge < -0.3 is 11.1 Å². The largest absolute Gasteiger partial charge is 0.374 e. The zero-order chi connectivity index (χ0) is 12.0. The maximum atomic E-state index is 5.54. The molecule has 0 saturated heterocycles. The molecule has 4 nitrogen and oxygen atoms in total. The molecule has 0 atom stereocenters. The molecule has 16 heavy (non-hydrogen) atoms. The third kappa shape index (κ3) is 4.79. The van der Waals surface area contributed by atoms with Gasteiger partial charge in [-0.15, -0.1) is 10.2 Å². The van der Waals surface area contributed by atoms with E-state index in [1.807, 2.05) is 0 Å². The van der Waals surface area contributed by atoms with Gasteiger partial charge in [0, 0.05) is 5.54 Å². The molecule has 1 heterocycles. The second-order valence-corrected chi connectivity index (χ2v) is 5.77. The monoisotopic (exact) mass is 242 g/mol. The summed E-state index contributed by atoms with van der Waals surface area (Å²) in [4.78, 5) is 0. The minimum Gasteiger partial charge on any atom is -0.374 e. The molecule has 0 fully saturated rings. The lowest BCUT2D eigenvalue weighted by atomic mass is 9.97. The lowest BCUT2D eigenvalue weighted by Crippen LogP contribution is -2.30. The average Bonchev–Trinajstić information content (AvgIpc) is 2.58. The zero-order valence-electron chi connectivity index (χ0n) is 10.4. The van der Waals surface area contributed by atoms with E-state index in [2.05, 4.69) is 36.3 Å². The van der Waals surface area contributed by atoms with Gasteiger partial charge in [0.2, 0.25) is 10.3 Å². The summed E-state index contributed by atoms with van der Waals surface area (Å²) in [6.07, 6.45) is 6.30. The molecular formula is C11H22N4S. The molecule has 0 spiro atoms. The van der Waals surface area contributed by atoms with E-state index in [1.165, 1.54) is 37.0 Å². The summed E-state index contributed by atoms with van der Waals surface area (Å²) in [6, 6.07) is 0. The van der Waals surface area contributed by atoms with Crippen LogP contribution in [0.4, 0.5) is 10.3 Å². The number of nitrogen functional groups attached to an aromatic ring is 1. The highest BCUT2D eigenvalue weighted by Gasteiger charge is 2.18. The van der Waals surface area contributed by atoms with Gasteiger partial charge >= 0.3 is 0 Å². The van der Waals surface area contributed by atoms with Crippen LogP contribution in [0.1, 0.15) is 52.9 Å². The van der Waals surface area contributed by atoms with E-state index in [0.717, 1.165) is 11.6 Å². The molecule has 1 aromatic heterocycles. The van der Waals surface area contributed by atoms with Gasteiger partial charge in [0.15, 0.2) is 0 Å². The van der Waals surface area contributed by atoms with Crippen LogP contribution in [0.2, 0.25) is 0 Å². The van der Waals surface area contributed by atoms with Gasteiger partial charge in [0.25, 0.3) is 0 Å². The predicted molar refractivity (Wildman–Crippen MR) is 70.8 cm³/mol. The second kappa shape index (κ2) is 6.03. The highest BCUT2D eigenvalue weighted by Crippen LogP contribution is 2.24. The molecule has 0 aliphatic rings. The van der Waals surface area contributed by atoms with E-state index in [-0.39, 0.29) is 5.54 Å². The van der Waals surface area contributed by atoms with Crippen molar-refractivity contribution < 1.29 is 0 Å². The van der Waals surface area contributed by atoms with Gasteiger partial charge in [-0.05, 0) is 20.3 Å². The fourth-order valence-electron chi connectivity index (χ4n) is 1.63. The van der Waals surface area contributed by atoms with Crippen molar-refractivity contribution in [2.24, 2.45) is 0 Å². The van der Waals surface area contributed by atoms with Crippen molar-refractivity contribution in [3.8, 4) is 0 Å². The molecule has 0 aromatic carbocycles. The Morgan fingerprint density at radius 1 is 1.25 bits per heavy atom. The van der Waals surface area contributed by atoms with Gasteiger partial charge in [-0.1, -0.05) is 43.9 Å². The molecule has 0 aliphatic heterocycles. The first-order valence-electron chi connectivity index (χ1n) is 5.90. The summed E-state index contributed by atoms with van der Waals surface area (Å²) < 4.78 is 0. The van der Waals surface area contributed by atoms with Crippen molar-refractivity contribution in [2.45, 2.75) is 58.4 Å². The van der Waals surface area contributed by atoms with Crippen molar-refractivity contribution in [3.05, 3.63) is 0 Å². The molecule has 0 bridgehead atoms. The van der Waals surface area contributed by atoms with Gasteiger partial charge in [0.05, 0.1) is 0 Å². The summed E-state index contributed by atoms with van der Waals surface area (Å²) in [7, 11) is 0. The predicted octanol–water partition coefficient (Wildman–Crippen LogP) is 3.28. The standard InChI is InChI=1S/C11H22N4S/c1-4-5-6-7-8-11(2,3)13-10-15-14-9(12)16-10/h4-8H2,1-3H3,(H2,12,14)(H,13,15). The van der Waals surface area contributed by atoms with E-state index in [0.29, 0.717) is 5.13 Å². The van der Waals surface area contributed by atoms with Crippen molar-refractivity contribution in [2.75, 3.05) is 11.1 Å². The number of nitrogens with zero attached hydrogens (tertiary/aromatic N) is 2. The smallest absolute Gasteiger partial charge is 0.207 e. The molecule has 5 heteroatoms. The van der Waals surface area contributed by atoms with Gasteiger partial charge in [0.1, 0.15) is 0 Å². The minimum absolute atomic E-state index is 0.0692. The number of hydrogen-bond donors (Lipinski definition) is 2. The Morgan fingerprint density at radius 3 is 2.56 bits per heavy atom. The third-order valence-electron chi connectivity index (χ3n) is 2.54. The molecule has 92 valence electrons. The zero-order valence-corrected chi connectivity index (χ0v) is 11.2. The molecule has 0 unspecified atom stereocenters. The van der Waals surface area contributed by atoms with Crippen LogP contribution in [-0.4, -0.2) is 15.7 Å². The first kappa shape index (κ1) is 13.2. The Labute approximate surface area is 102 Å². The lowest BCUT2D eigenvalue weighted by Gasteiger charge is -2.25. The van der Waals surface area contributed by atoms with Gasteiger partial charge in [-0.3, -0.25) is 0 Å². The van der Waals surface area contributed by atoms with Crippen LogP contribution in [-0.2, 0) is 0 Å². The van der Waals surface area contributed by atoms with Crippen LogP contribution < -0.4 is 11.1 Å². The molecule has 0 saturated carbocycles. The van der Waals surface area contributed by atoms with Crippen molar-refractivity contribution in [1.82, 2.24) is 10.2 Å². The Balaban J connectivity index is 2.33. The molecule has 0 amide bonds. The Morgan fingerprint density at radius 2 is 2.00 bits per heavy atom. The van der Waals surface area contributed by atoms with Crippen LogP contribution >= 0.6 is 11.3 Å². The summed E-state index contributed by atoms with van der Waals surface area (Å²) in [5.74, 6) is 0. The topological polar surface area (TPSA) is 63.8 Å². The molecular weight excluding hydrogens is 220 g/mol. The molecule has 0 aliphatic carbocycles. The SMILES string of the molecule is CCCCCCC(C)(C)Nc1nnc(N)s1. The number of aromatic nitrogens is 2. The number of rotatable bonds is 7. The van der Waals surface area contributed by atoms with Crippen LogP contribution in [0.25, 0.3) is 0 Å². The van der Waals surface area contributed by atoms with E-state index >= 15 is 0 Å². The van der Waals surface area contributed by atoms with Crippen LogP contribution in [0, 0.1) is 0 Å². The number of nitrogens with one attached hydrogen (secondary N) is 1. The van der Waals surface area contributed by atoms with Crippen LogP contribution in [0.5, 0.6) is 0 Å². The minimum atomic E-state index is 0.0692. The second-order valence-electron chi connectivity index (χ2n) is 4.76. The fourth-order valence-corrected chi connectivity index (χ4v) is 2.32. The maximum Gasteiger partial charge on any atom is 0.207 e. The molecule has 0 radical (unpaired) electrons. The quantitative estimate of drug-likeness (QED) is 0.720. The summed E-state index contributed by atoms with van der Waals surface area (Å²) in [5.41, 5.74) is 5.61. The fraction of sp³-hybridized carbons (Fsp3) is 0.818. The van der Waals surface area contributed by atoms with E-state index < -0.39 is 0 Å². The van der Waals surface area contributed by atoms with Crippen molar-refractivity contribution in [1.29, 1.82) is 0 Å². The summed E-state index contributed by atoms with van der Waals surface area (Å²) >= 11 is 1.40. The highest BCUT2D eigenvalue weighted by atomic mass is 32.1. The molecule has 1 aromatic rings. The lowest BCUT2D eigenvalue weighted by molar-refractivity contribution is 0.477. The van der Waals surface area contributed by atoms with Crippen LogP contribution in [0.15, 0.2) is 0 Å². The average molecular weight is 242 g/mol. The third-order valence-corrected chi connectivity index (χ3v) is 3.21. The number of nitrogens with two attached hydrogens (primary N) is 1. The van der Waals surface area contributed by atoms with E-state index in [1.54, 1.807) is 0 Å². The Hall–Kier alpha value is -0.840. The normalized spacial score (nSPS) is 11.7. The van der Waals surface area contributed by atoms with E-state index in [9.17, 15) is 0 Å². The Kier molecular flexibility index (Phi) is 4.99. The van der Waals surface area contributed by atoms with E-state index in [4.69, 9.17) is 5.73 Å². The summed E-state index contributed by atoms with van der Waals surface area (Å²) in [5, 5.41) is 12.5.